The highest BCUT2D eigenvalue weighted by Gasteiger charge is 2.37. The Balaban J connectivity index is 1.99. The molecule has 146 valence electrons. The van der Waals surface area contributed by atoms with E-state index in [0.29, 0.717) is 17.2 Å². The lowest BCUT2D eigenvalue weighted by molar-refractivity contribution is -0.152. The largest absolute Gasteiger partial charge is 0.497 e. The van der Waals surface area contributed by atoms with Gasteiger partial charge in [-0.2, -0.15) is 0 Å². The van der Waals surface area contributed by atoms with Crippen LogP contribution in [0.3, 0.4) is 0 Å². The number of carbonyl (C=O) groups excluding carboxylic acids is 4. The Labute approximate surface area is 155 Å². The minimum absolute atomic E-state index is 0.0505. The van der Waals surface area contributed by atoms with Crippen LogP contribution in [0.5, 0.6) is 11.5 Å². The lowest BCUT2D eigenvalue weighted by Crippen LogP contribution is -2.40. The Kier molecular flexibility index (Phi) is 6.58. The fourth-order valence-corrected chi connectivity index (χ4v) is 2.59. The highest BCUT2D eigenvalue weighted by atomic mass is 16.5. The molecule has 1 aromatic rings. The summed E-state index contributed by atoms with van der Waals surface area (Å²) in [5, 5.41) is 4.18. The molecule has 1 atom stereocenters. The summed E-state index contributed by atoms with van der Waals surface area (Å²) in [7, 11) is 4.33. The van der Waals surface area contributed by atoms with E-state index in [2.05, 4.69) is 5.32 Å². The fraction of sp³-hybridized carbons (Fsp3) is 0.412. The highest BCUT2D eigenvalue weighted by Crippen LogP contribution is 2.35. The number of urea groups is 1. The van der Waals surface area contributed by atoms with Crippen molar-refractivity contribution in [3.63, 3.8) is 0 Å². The van der Waals surface area contributed by atoms with Gasteiger partial charge in [-0.05, 0) is 12.1 Å². The second-order valence-corrected chi connectivity index (χ2v) is 5.68. The maximum absolute atomic E-state index is 12.3. The summed E-state index contributed by atoms with van der Waals surface area (Å²) in [6.45, 7) is -0.514. The van der Waals surface area contributed by atoms with E-state index in [1.807, 2.05) is 5.32 Å². The number of nitrogens with one attached hydrogen (secondary N) is 2. The SMILES string of the molecule is CNC(=O)NC(=O)COC(=O)[C@@H]1CC(=O)N(c2ccc(OC)cc2OC)C1. The zero-order valence-corrected chi connectivity index (χ0v) is 15.2. The zero-order valence-electron chi connectivity index (χ0n) is 15.2. The number of carbonyl (C=O) groups is 4. The number of methoxy groups -OCH3 is 2. The fourth-order valence-electron chi connectivity index (χ4n) is 2.59. The Bertz CT molecular complexity index is 750. The first-order valence-electron chi connectivity index (χ1n) is 8.10. The second-order valence-electron chi connectivity index (χ2n) is 5.68. The van der Waals surface area contributed by atoms with E-state index in [-0.39, 0.29) is 18.9 Å². The zero-order chi connectivity index (χ0) is 20.0. The summed E-state index contributed by atoms with van der Waals surface area (Å²) in [5.74, 6) is -1.44. The molecular formula is C17H21N3O7. The number of benzene rings is 1. The average Bonchev–Trinajstić information content (AvgIpc) is 3.06. The van der Waals surface area contributed by atoms with E-state index in [1.165, 1.54) is 26.2 Å². The Morgan fingerprint density at radius 2 is 1.96 bits per heavy atom. The molecule has 2 N–H and O–H groups in total. The number of hydrogen-bond acceptors (Lipinski definition) is 7. The molecule has 1 fully saturated rings. The summed E-state index contributed by atoms with van der Waals surface area (Å²) in [5.41, 5.74) is 0.510. The topological polar surface area (TPSA) is 123 Å². The van der Waals surface area contributed by atoms with Crippen molar-refractivity contribution in [3.8, 4) is 11.5 Å². The molecule has 27 heavy (non-hydrogen) atoms. The van der Waals surface area contributed by atoms with Gasteiger partial charge in [0.05, 0.1) is 25.8 Å². The van der Waals surface area contributed by atoms with Crippen LogP contribution in [0.4, 0.5) is 10.5 Å². The number of rotatable bonds is 6. The van der Waals surface area contributed by atoms with Crippen LogP contribution in [-0.2, 0) is 19.1 Å². The van der Waals surface area contributed by atoms with Gasteiger partial charge in [-0.1, -0.05) is 0 Å². The van der Waals surface area contributed by atoms with Gasteiger partial charge >= 0.3 is 12.0 Å². The van der Waals surface area contributed by atoms with Crippen molar-refractivity contribution in [1.29, 1.82) is 0 Å². The number of esters is 1. The number of anilines is 1. The lowest BCUT2D eigenvalue weighted by atomic mass is 10.1. The molecule has 1 aliphatic heterocycles. The predicted octanol–water partition coefficient (Wildman–Crippen LogP) is 0.0555. The van der Waals surface area contributed by atoms with Crippen LogP contribution in [-0.4, -0.2) is 58.2 Å². The van der Waals surface area contributed by atoms with Gasteiger partial charge in [-0.25, -0.2) is 4.79 Å². The van der Waals surface area contributed by atoms with Crippen molar-refractivity contribution in [2.24, 2.45) is 5.92 Å². The summed E-state index contributed by atoms with van der Waals surface area (Å²) in [4.78, 5) is 48.4. The first-order valence-corrected chi connectivity index (χ1v) is 8.10. The smallest absolute Gasteiger partial charge is 0.321 e. The van der Waals surface area contributed by atoms with Crippen LogP contribution in [0.2, 0.25) is 0 Å². The van der Waals surface area contributed by atoms with Gasteiger partial charge in [0.1, 0.15) is 11.5 Å². The molecule has 0 saturated carbocycles. The third-order valence-electron chi connectivity index (χ3n) is 3.96. The van der Waals surface area contributed by atoms with Crippen LogP contribution < -0.4 is 25.0 Å². The number of hydrogen-bond donors (Lipinski definition) is 2. The quantitative estimate of drug-likeness (QED) is 0.670. The lowest BCUT2D eigenvalue weighted by Gasteiger charge is -2.20. The van der Waals surface area contributed by atoms with Crippen molar-refractivity contribution in [3.05, 3.63) is 18.2 Å². The molecular weight excluding hydrogens is 358 g/mol. The molecule has 10 nitrogen and oxygen atoms in total. The summed E-state index contributed by atoms with van der Waals surface area (Å²) in [6.07, 6.45) is -0.0505. The minimum Gasteiger partial charge on any atom is -0.497 e. The number of imide groups is 1. The molecule has 1 heterocycles. The van der Waals surface area contributed by atoms with Crippen LogP contribution in [0, 0.1) is 5.92 Å². The average molecular weight is 379 g/mol. The number of amides is 4. The summed E-state index contributed by atoms with van der Waals surface area (Å²) >= 11 is 0. The van der Waals surface area contributed by atoms with Crippen LogP contribution in [0.15, 0.2) is 18.2 Å². The summed E-state index contributed by atoms with van der Waals surface area (Å²) < 4.78 is 15.3. The Morgan fingerprint density at radius 3 is 2.59 bits per heavy atom. The van der Waals surface area contributed by atoms with E-state index in [0.717, 1.165) is 0 Å². The van der Waals surface area contributed by atoms with Crippen molar-refractivity contribution >= 4 is 29.5 Å². The van der Waals surface area contributed by atoms with Gasteiger partial charge in [0, 0.05) is 26.1 Å². The van der Waals surface area contributed by atoms with E-state index in [1.54, 1.807) is 18.2 Å². The van der Waals surface area contributed by atoms with E-state index in [4.69, 9.17) is 14.2 Å². The van der Waals surface area contributed by atoms with Crippen molar-refractivity contribution in [1.82, 2.24) is 10.6 Å². The molecule has 0 bridgehead atoms. The van der Waals surface area contributed by atoms with E-state index >= 15 is 0 Å². The molecule has 1 saturated heterocycles. The molecule has 4 amide bonds. The third-order valence-corrected chi connectivity index (χ3v) is 3.96. The third kappa shape index (κ3) is 4.87. The molecule has 0 radical (unpaired) electrons. The molecule has 10 heteroatoms. The van der Waals surface area contributed by atoms with Crippen molar-refractivity contribution < 1.29 is 33.4 Å². The van der Waals surface area contributed by atoms with Crippen LogP contribution in [0.1, 0.15) is 6.42 Å². The first-order chi connectivity index (χ1) is 12.9. The van der Waals surface area contributed by atoms with Gasteiger partial charge in [0.15, 0.2) is 6.61 Å². The van der Waals surface area contributed by atoms with E-state index in [9.17, 15) is 19.2 Å². The molecule has 1 aromatic carbocycles. The van der Waals surface area contributed by atoms with E-state index < -0.39 is 30.4 Å². The standard InChI is InChI=1S/C17H21N3O7/c1-18-17(24)19-14(21)9-27-16(23)10-6-15(22)20(8-10)12-5-4-11(25-2)7-13(12)26-3/h4-5,7,10H,6,8-9H2,1-3H3,(H2,18,19,21,24)/t10-/m1/s1. The molecule has 0 spiro atoms. The molecule has 0 aromatic heterocycles. The van der Waals surface area contributed by atoms with Crippen molar-refractivity contribution in [2.75, 3.05) is 39.3 Å². The normalized spacial score (nSPS) is 15.9. The molecule has 0 aliphatic carbocycles. The highest BCUT2D eigenvalue weighted by molar-refractivity contribution is 6.01. The first kappa shape index (κ1) is 20.0. The monoisotopic (exact) mass is 379 g/mol. The van der Waals surface area contributed by atoms with Gasteiger partial charge < -0.3 is 24.4 Å². The molecule has 1 aliphatic rings. The van der Waals surface area contributed by atoms with Crippen molar-refractivity contribution in [2.45, 2.75) is 6.42 Å². The Morgan fingerprint density at radius 1 is 1.22 bits per heavy atom. The van der Waals surface area contributed by atoms with Crippen LogP contribution in [0.25, 0.3) is 0 Å². The number of nitrogens with zero attached hydrogens (tertiary/aromatic N) is 1. The molecule has 2 rings (SSSR count). The number of ether oxygens (including phenoxy) is 3. The predicted molar refractivity (Wildman–Crippen MR) is 93.6 cm³/mol. The van der Waals surface area contributed by atoms with Gasteiger partial charge in [0.2, 0.25) is 5.91 Å². The maximum Gasteiger partial charge on any atom is 0.321 e. The van der Waals surface area contributed by atoms with Crippen LogP contribution >= 0.6 is 0 Å². The van der Waals surface area contributed by atoms with Gasteiger partial charge in [-0.15, -0.1) is 0 Å². The van der Waals surface area contributed by atoms with Gasteiger partial charge in [-0.3, -0.25) is 19.7 Å². The summed E-state index contributed by atoms with van der Waals surface area (Å²) in [6, 6.07) is 4.28. The maximum atomic E-state index is 12.3. The van der Waals surface area contributed by atoms with Gasteiger partial charge in [0.25, 0.3) is 5.91 Å². The minimum atomic E-state index is -0.763. The second kappa shape index (κ2) is 8.88. The molecule has 0 unspecified atom stereocenters. The Hall–Kier alpha value is -3.30.